The quantitative estimate of drug-likeness (QED) is 0.819. The standard InChI is InChI=1S/C13H14BrNO2S2/c1-2-12-7-8-13(18-12)19(16,17)15-11-5-3-10(9-14)4-6-11/h3-8,15H,2,9H2,1H3. The lowest BCUT2D eigenvalue weighted by atomic mass is 10.2. The highest BCUT2D eigenvalue weighted by atomic mass is 79.9. The maximum absolute atomic E-state index is 12.2. The lowest BCUT2D eigenvalue weighted by Crippen LogP contribution is -2.11. The van der Waals surface area contributed by atoms with Gasteiger partial charge in [0.25, 0.3) is 10.0 Å². The van der Waals surface area contributed by atoms with Crippen LogP contribution in [0.5, 0.6) is 0 Å². The van der Waals surface area contributed by atoms with Gasteiger partial charge in [0.2, 0.25) is 0 Å². The Bertz CT molecular complexity index is 648. The highest BCUT2D eigenvalue weighted by Gasteiger charge is 2.16. The van der Waals surface area contributed by atoms with Crippen LogP contribution in [0.1, 0.15) is 17.4 Å². The highest BCUT2D eigenvalue weighted by Crippen LogP contribution is 2.24. The summed E-state index contributed by atoms with van der Waals surface area (Å²) in [5.41, 5.74) is 1.68. The number of alkyl halides is 1. The van der Waals surface area contributed by atoms with Crippen LogP contribution in [0.2, 0.25) is 0 Å². The van der Waals surface area contributed by atoms with Gasteiger partial charge in [0, 0.05) is 15.9 Å². The van der Waals surface area contributed by atoms with Crippen LogP contribution in [-0.2, 0) is 21.8 Å². The van der Waals surface area contributed by atoms with E-state index in [0.717, 1.165) is 22.2 Å². The molecule has 0 saturated carbocycles. The van der Waals surface area contributed by atoms with Crippen molar-refractivity contribution in [1.82, 2.24) is 0 Å². The fraction of sp³-hybridized carbons (Fsp3) is 0.231. The monoisotopic (exact) mass is 359 g/mol. The molecule has 1 aromatic carbocycles. The molecule has 1 N–H and O–H groups in total. The summed E-state index contributed by atoms with van der Waals surface area (Å²) in [7, 11) is -3.47. The van der Waals surface area contributed by atoms with Crippen LogP contribution in [0, 0.1) is 0 Å². The van der Waals surface area contributed by atoms with Crippen LogP contribution >= 0.6 is 27.3 Å². The number of aryl methyl sites for hydroxylation is 1. The second-order valence-corrected chi connectivity index (χ2v) is 7.65. The first-order chi connectivity index (χ1) is 9.05. The molecule has 0 amide bonds. The zero-order chi connectivity index (χ0) is 13.9. The molecule has 2 rings (SSSR count). The summed E-state index contributed by atoms with van der Waals surface area (Å²) in [4.78, 5) is 1.06. The summed E-state index contributed by atoms with van der Waals surface area (Å²) >= 11 is 4.66. The van der Waals surface area contributed by atoms with E-state index in [9.17, 15) is 8.42 Å². The van der Waals surface area contributed by atoms with Crippen molar-refractivity contribution in [3.63, 3.8) is 0 Å². The molecule has 1 aromatic heterocycles. The molecule has 0 aliphatic heterocycles. The molecule has 19 heavy (non-hydrogen) atoms. The minimum atomic E-state index is -3.47. The van der Waals surface area contributed by atoms with Crippen LogP contribution < -0.4 is 4.72 Å². The second-order valence-electron chi connectivity index (χ2n) is 4.01. The van der Waals surface area contributed by atoms with Crippen LogP contribution in [0.25, 0.3) is 0 Å². The molecule has 0 aliphatic rings. The molecular formula is C13H14BrNO2S2. The van der Waals surface area contributed by atoms with Crippen molar-refractivity contribution in [2.24, 2.45) is 0 Å². The van der Waals surface area contributed by atoms with Crippen LogP contribution in [-0.4, -0.2) is 8.42 Å². The maximum atomic E-state index is 12.2. The highest BCUT2D eigenvalue weighted by molar-refractivity contribution is 9.08. The summed E-state index contributed by atoms with van der Waals surface area (Å²) in [5, 5.41) is 0.755. The van der Waals surface area contributed by atoms with Gasteiger partial charge < -0.3 is 0 Å². The average Bonchev–Trinajstić information content (AvgIpc) is 2.89. The van der Waals surface area contributed by atoms with Gasteiger partial charge in [0.05, 0.1) is 0 Å². The van der Waals surface area contributed by atoms with Crippen molar-refractivity contribution in [3.05, 3.63) is 46.8 Å². The van der Waals surface area contributed by atoms with Crippen molar-refractivity contribution < 1.29 is 8.42 Å². The van der Waals surface area contributed by atoms with E-state index in [4.69, 9.17) is 0 Å². The van der Waals surface area contributed by atoms with Crippen LogP contribution in [0.3, 0.4) is 0 Å². The molecule has 6 heteroatoms. The van der Waals surface area contributed by atoms with Crippen molar-refractivity contribution in [2.75, 3.05) is 4.72 Å². The topological polar surface area (TPSA) is 46.2 Å². The SMILES string of the molecule is CCc1ccc(S(=O)(=O)Nc2ccc(CBr)cc2)s1. The van der Waals surface area contributed by atoms with Gasteiger partial charge in [0.15, 0.2) is 0 Å². The second kappa shape index (κ2) is 6.07. The largest absolute Gasteiger partial charge is 0.279 e. The smallest absolute Gasteiger partial charge is 0.271 e. The first kappa shape index (κ1) is 14.6. The molecule has 102 valence electrons. The molecule has 0 radical (unpaired) electrons. The van der Waals surface area contributed by atoms with Crippen molar-refractivity contribution in [2.45, 2.75) is 22.9 Å². The zero-order valence-corrected chi connectivity index (χ0v) is 13.6. The minimum absolute atomic E-state index is 0.355. The Balaban J connectivity index is 2.20. The van der Waals surface area contributed by atoms with Gasteiger partial charge in [-0.25, -0.2) is 8.42 Å². The lowest BCUT2D eigenvalue weighted by molar-refractivity contribution is 0.603. The summed E-state index contributed by atoms with van der Waals surface area (Å²) in [5.74, 6) is 0. The van der Waals surface area contributed by atoms with Gasteiger partial charge in [-0.3, -0.25) is 4.72 Å². The Morgan fingerprint density at radius 3 is 2.37 bits per heavy atom. The van der Waals surface area contributed by atoms with Crippen molar-refractivity contribution in [1.29, 1.82) is 0 Å². The predicted molar refractivity (Wildman–Crippen MR) is 83.6 cm³/mol. The van der Waals surface area contributed by atoms with Crippen LogP contribution in [0.4, 0.5) is 5.69 Å². The fourth-order valence-corrected chi connectivity index (χ4v) is 4.29. The average molecular weight is 360 g/mol. The fourth-order valence-electron chi connectivity index (χ4n) is 1.56. The summed E-state index contributed by atoms with van der Waals surface area (Å²) < 4.78 is 27.3. The Hall–Kier alpha value is -0.850. The predicted octanol–water partition coefficient (Wildman–Crippen LogP) is 4.01. The third-order valence-electron chi connectivity index (χ3n) is 2.61. The Labute approximate surface area is 125 Å². The number of hydrogen-bond donors (Lipinski definition) is 1. The van der Waals surface area contributed by atoms with E-state index in [0.29, 0.717) is 9.90 Å². The minimum Gasteiger partial charge on any atom is -0.279 e. The molecule has 1 heterocycles. The lowest BCUT2D eigenvalue weighted by Gasteiger charge is -2.06. The molecular weight excluding hydrogens is 346 g/mol. The van der Waals surface area contributed by atoms with Gasteiger partial charge in [-0.1, -0.05) is 35.0 Å². The Kier molecular flexibility index (Phi) is 4.65. The van der Waals surface area contributed by atoms with Crippen LogP contribution in [0.15, 0.2) is 40.6 Å². The first-order valence-corrected chi connectivity index (χ1v) is 9.23. The summed E-state index contributed by atoms with van der Waals surface area (Å²) in [6.45, 7) is 2.01. The first-order valence-electron chi connectivity index (χ1n) is 5.81. The molecule has 0 unspecified atom stereocenters. The number of sulfonamides is 1. The van der Waals surface area contributed by atoms with E-state index in [-0.39, 0.29) is 0 Å². The number of nitrogens with one attached hydrogen (secondary N) is 1. The van der Waals surface area contributed by atoms with E-state index >= 15 is 0 Å². The normalized spacial score (nSPS) is 11.5. The van der Waals surface area contributed by atoms with E-state index in [2.05, 4.69) is 20.7 Å². The summed E-state index contributed by atoms with van der Waals surface area (Å²) in [6.07, 6.45) is 0.847. The van der Waals surface area contributed by atoms with Gasteiger partial charge >= 0.3 is 0 Å². The molecule has 0 bridgehead atoms. The van der Waals surface area contributed by atoms with E-state index < -0.39 is 10.0 Å². The number of anilines is 1. The zero-order valence-electron chi connectivity index (χ0n) is 10.4. The van der Waals surface area contributed by atoms with E-state index in [1.54, 1.807) is 18.2 Å². The third-order valence-corrected chi connectivity index (χ3v) is 6.36. The maximum Gasteiger partial charge on any atom is 0.271 e. The van der Waals surface area contributed by atoms with E-state index in [1.807, 2.05) is 25.1 Å². The molecule has 0 aliphatic carbocycles. The van der Waals surface area contributed by atoms with E-state index in [1.165, 1.54) is 11.3 Å². The van der Waals surface area contributed by atoms with Crippen molar-refractivity contribution >= 4 is 43.0 Å². The Morgan fingerprint density at radius 2 is 1.84 bits per heavy atom. The van der Waals surface area contributed by atoms with Gasteiger partial charge in [-0.2, -0.15) is 0 Å². The van der Waals surface area contributed by atoms with Gasteiger partial charge in [-0.05, 0) is 36.2 Å². The number of thiophene rings is 1. The number of hydrogen-bond acceptors (Lipinski definition) is 3. The van der Waals surface area contributed by atoms with Crippen molar-refractivity contribution in [3.8, 4) is 0 Å². The molecule has 2 aromatic rings. The number of rotatable bonds is 5. The van der Waals surface area contributed by atoms with Gasteiger partial charge in [0.1, 0.15) is 4.21 Å². The van der Waals surface area contributed by atoms with Gasteiger partial charge in [-0.15, -0.1) is 11.3 Å². The molecule has 0 saturated heterocycles. The summed E-state index contributed by atoms with van der Waals surface area (Å²) in [6, 6.07) is 10.8. The number of halogens is 1. The molecule has 0 fully saturated rings. The Morgan fingerprint density at radius 1 is 1.16 bits per heavy atom. The number of benzene rings is 1. The molecule has 0 spiro atoms. The molecule has 3 nitrogen and oxygen atoms in total. The molecule has 0 atom stereocenters. The third kappa shape index (κ3) is 3.58.